The van der Waals surface area contributed by atoms with Crippen LogP contribution in [0.2, 0.25) is 0 Å². The number of nitrogens with zero attached hydrogens (tertiary/aromatic N) is 3. The number of sulfonamides is 1. The minimum absolute atomic E-state index is 0.00706. The Labute approximate surface area is 309 Å². The Morgan fingerprint density at radius 2 is 1.80 bits per heavy atom. The number of fused-ring (bicyclic) bond motifs is 3. The number of amides is 4. The first-order valence-corrected chi connectivity index (χ1v) is 19.3. The molecular formula is C37H40F3N5O8S. The normalized spacial score (nSPS) is 24.9. The molecule has 2 aliphatic carbocycles. The Kier molecular flexibility index (Phi) is 9.87. The lowest BCUT2D eigenvalue weighted by molar-refractivity contribution is -0.274. The third-order valence-corrected chi connectivity index (χ3v) is 12.1. The van der Waals surface area contributed by atoms with Crippen molar-refractivity contribution in [3.63, 3.8) is 0 Å². The number of allylic oxidation sites excluding steroid dienone is 1. The number of rotatable bonds is 8. The number of hydrogen-bond donors (Lipinski definition) is 2. The number of alkyl halides is 3. The molecule has 54 heavy (non-hydrogen) atoms. The molecule has 17 heteroatoms. The molecule has 4 aliphatic rings. The fraction of sp³-hybridized carbons (Fsp3) is 0.459. The van der Waals surface area contributed by atoms with E-state index in [-0.39, 0.29) is 25.3 Å². The Balaban J connectivity index is 1.19. The predicted molar refractivity (Wildman–Crippen MR) is 190 cm³/mol. The molecule has 288 valence electrons. The lowest BCUT2D eigenvalue weighted by Crippen LogP contribution is -2.57. The third kappa shape index (κ3) is 7.91. The van der Waals surface area contributed by atoms with Crippen LogP contribution >= 0.6 is 0 Å². The van der Waals surface area contributed by atoms with E-state index in [2.05, 4.69) is 14.8 Å². The second-order valence-corrected chi connectivity index (χ2v) is 16.2. The van der Waals surface area contributed by atoms with Gasteiger partial charge in [-0.05, 0) is 92.4 Å². The minimum atomic E-state index is -4.85. The lowest BCUT2D eigenvalue weighted by atomic mass is 10.1. The molecule has 0 bridgehead atoms. The first kappa shape index (κ1) is 37.3. The zero-order valence-electron chi connectivity index (χ0n) is 29.6. The first-order chi connectivity index (χ1) is 25.7. The van der Waals surface area contributed by atoms with Gasteiger partial charge in [0.05, 0.1) is 24.6 Å². The van der Waals surface area contributed by atoms with Gasteiger partial charge in [0.15, 0.2) is 0 Å². The molecule has 13 nitrogen and oxygen atoms in total. The standard InChI is InChI=1S/C37H40F3N5O8S/c1-44-16-6-4-3-5-7-24-20-36(24,34(47)43-54(49,50)28-13-14-28)42-32(46)31-19-27(21-45(31)35(44)48)52-33-29-15-12-26(51-2)17-23(29)18-30(41-33)22-8-10-25(11-9-22)53-37(38,39)40/h5,7-12,15,17-18,24,27-28,31H,3-4,6,13-14,16,19-21H2,1-2H3,(H,42,46)(H,43,47)/t24-,27-,31+,36-/m1/s1. The first-order valence-electron chi connectivity index (χ1n) is 17.7. The maximum Gasteiger partial charge on any atom is 0.573 e. The van der Waals surface area contributed by atoms with Gasteiger partial charge in [-0.2, -0.15) is 0 Å². The van der Waals surface area contributed by atoms with Crippen molar-refractivity contribution < 1.29 is 50.2 Å². The molecule has 3 fully saturated rings. The number of halogens is 3. The van der Waals surface area contributed by atoms with E-state index in [1.165, 1.54) is 41.2 Å². The number of carbonyl (C=O) groups excluding carboxylic acids is 3. The number of carbonyl (C=O) groups is 3. The predicted octanol–water partition coefficient (Wildman–Crippen LogP) is 4.91. The van der Waals surface area contributed by atoms with Gasteiger partial charge in [0, 0.05) is 36.9 Å². The summed E-state index contributed by atoms with van der Waals surface area (Å²) in [5.41, 5.74) is -0.652. The molecule has 4 atom stereocenters. The Morgan fingerprint density at radius 1 is 1.06 bits per heavy atom. The van der Waals surface area contributed by atoms with Crippen molar-refractivity contribution in [3.8, 4) is 28.6 Å². The summed E-state index contributed by atoms with van der Waals surface area (Å²) in [4.78, 5) is 49.3. The number of hydrogen-bond acceptors (Lipinski definition) is 9. The fourth-order valence-corrected chi connectivity index (χ4v) is 8.41. The number of urea groups is 1. The molecule has 1 aromatic heterocycles. The quantitative estimate of drug-likeness (QED) is 0.304. The average molecular weight is 772 g/mol. The van der Waals surface area contributed by atoms with Crippen LogP contribution in [0.15, 0.2) is 60.7 Å². The number of ether oxygens (including phenoxy) is 3. The molecule has 0 spiro atoms. The summed E-state index contributed by atoms with van der Waals surface area (Å²) in [5.74, 6) is -1.54. The fourth-order valence-electron chi connectivity index (χ4n) is 7.05. The SMILES string of the molecule is COc1ccc2c(O[C@@H]3C[C@H]4C(=O)N[C@]5(C(=O)NS(=O)(=O)C6CC6)C[C@H]5C=CCCCCN(C)C(=O)N4C3)nc(-c3ccc(OC(F)(F)F)cc3)cc2c1. The van der Waals surface area contributed by atoms with Gasteiger partial charge in [0.2, 0.25) is 21.8 Å². The summed E-state index contributed by atoms with van der Waals surface area (Å²) in [7, 11) is -0.728. The van der Waals surface area contributed by atoms with Crippen molar-refractivity contribution >= 4 is 38.6 Å². The number of benzene rings is 2. The zero-order chi connectivity index (χ0) is 38.4. The zero-order valence-corrected chi connectivity index (χ0v) is 30.4. The molecule has 3 heterocycles. The summed E-state index contributed by atoms with van der Waals surface area (Å²) in [6.07, 6.45) is 1.48. The molecule has 0 radical (unpaired) electrons. The second-order valence-electron chi connectivity index (χ2n) is 14.2. The highest BCUT2D eigenvalue weighted by Crippen LogP contribution is 2.46. The van der Waals surface area contributed by atoms with Crippen LogP contribution in [0.25, 0.3) is 22.0 Å². The van der Waals surface area contributed by atoms with Crippen LogP contribution in [0.5, 0.6) is 17.4 Å². The highest BCUT2D eigenvalue weighted by molar-refractivity contribution is 7.91. The van der Waals surface area contributed by atoms with E-state index in [9.17, 15) is 36.0 Å². The molecule has 1 saturated heterocycles. The molecule has 2 aliphatic heterocycles. The second kappa shape index (κ2) is 14.3. The summed E-state index contributed by atoms with van der Waals surface area (Å²) < 4.78 is 82.0. The van der Waals surface area contributed by atoms with E-state index in [1.54, 1.807) is 31.3 Å². The maximum atomic E-state index is 14.2. The summed E-state index contributed by atoms with van der Waals surface area (Å²) in [6.45, 7) is 0.438. The lowest BCUT2D eigenvalue weighted by Gasteiger charge is -2.30. The van der Waals surface area contributed by atoms with Crippen LogP contribution < -0.4 is 24.2 Å². The number of methoxy groups -OCH3 is 1. The van der Waals surface area contributed by atoms with Crippen LogP contribution in [0.3, 0.4) is 0 Å². The van der Waals surface area contributed by atoms with Crippen LogP contribution in [0, 0.1) is 5.92 Å². The average Bonchev–Trinajstić information content (AvgIpc) is 4.05. The Morgan fingerprint density at radius 3 is 2.50 bits per heavy atom. The smallest absolute Gasteiger partial charge is 0.497 e. The highest BCUT2D eigenvalue weighted by Gasteiger charge is 2.62. The van der Waals surface area contributed by atoms with Crippen molar-refractivity contribution in [1.82, 2.24) is 24.8 Å². The van der Waals surface area contributed by atoms with Crippen LogP contribution in [-0.4, -0.2) is 97.6 Å². The van der Waals surface area contributed by atoms with Crippen molar-refractivity contribution in [2.75, 3.05) is 27.2 Å². The van der Waals surface area contributed by atoms with E-state index in [4.69, 9.17) is 14.5 Å². The van der Waals surface area contributed by atoms with E-state index in [0.717, 1.165) is 6.42 Å². The molecule has 2 saturated carbocycles. The summed E-state index contributed by atoms with van der Waals surface area (Å²) >= 11 is 0. The number of pyridine rings is 1. The Bertz CT molecular complexity index is 2090. The number of aromatic nitrogens is 1. The summed E-state index contributed by atoms with van der Waals surface area (Å²) in [5, 5.41) is 3.44. The minimum Gasteiger partial charge on any atom is -0.497 e. The van der Waals surface area contributed by atoms with Crippen LogP contribution in [-0.2, 0) is 19.6 Å². The van der Waals surface area contributed by atoms with Gasteiger partial charge in [-0.1, -0.05) is 12.2 Å². The van der Waals surface area contributed by atoms with E-state index < -0.39 is 68.8 Å². The van der Waals surface area contributed by atoms with Crippen molar-refractivity contribution in [3.05, 3.63) is 60.7 Å². The van der Waals surface area contributed by atoms with Gasteiger partial charge in [-0.15, -0.1) is 13.2 Å². The third-order valence-electron chi connectivity index (χ3n) is 10.2. The topological polar surface area (TPSA) is 156 Å². The van der Waals surface area contributed by atoms with Gasteiger partial charge in [-0.25, -0.2) is 18.2 Å². The van der Waals surface area contributed by atoms with Crippen molar-refractivity contribution in [2.24, 2.45) is 5.92 Å². The summed E-state index contributed by atoms with van der Waals surface area (Å²) in [6, 6.07) is 10.7. The molecule has 3 aromatic rings. The van der Waals surface area contributed by atoms with Crippen LogP contribution in [0.4, 0.5) is 18.0 Å². The van der Waals surface area contributed by atoms with Gasteiger partial charge >= 0.3 is 12.4 Å². The van der Waals surface area contributed by atoms with E-state index >= 15 is 0 Å². The van der Waals surface area contributed by atoms with Gasteiger partial charge in [0.25, 0.3) is 5.91 Å². The van der Waals surface area contributed by atoms with Gasteiger partial charge in [0.1, 0.15) is 29.2 Å². The largest absolute Gasteiger partial charge is 0.573 e. The van der Waals surface area contributed by atoms with E-state index in [0.29, 0.717) is 60.0 Å². The van der Waals surface area contributed by atoms with Gasteiger partial charge < -0.3 is 29.3 Å². The molecule has 0 unspecified atom stereocenters. The van der Waals surface area contributed by atoms with Crippen molar-refractivity contribution in [1.29, 1.82) is 0 Å². The monoisotopic (exact) mass is 771 g/mol. The molecular weight excluding hydrogens is 731 g/mol. The van der Waals surface area contributed by atoms with E-state index in [1.807, 2.05) is 12.2 Å². The molecule has 2 aromatic carbocycles. The van der Waals surface area contributed by atoms with Gasteiger partial charge in [-0.3, -0.25) is 14.3 Å². The maximum absolute atomic E-state index is 14.2. The van der Waals surface area contributed by atoms with Crippen LogP contribution in [0.1, 0.15) is 44.9 Å². The molecule has 4 amide bonds. The number of nitrogens with one attached hydrogen (secondary N) is 2. The molecule has 2 N–H and O–H groups in total. The molecule has 7 rings (SSSR count). The Hall–Kier alpha value is -5.06. The van der Waals surface area contributed by atoms with Crippen molar-refractivity contribution in [2.45, 2.75) is 74.2 Å². The highest BCUT2D eigenvalue weighted by atomic mass is 32.2.